The minimum atomic E-state index is -0.303. The van der Waals surface area contributed by atoms with E-state index in [1.165, 1.54) is 0 Å². The van der Waals surface area contributed by atoms with Gasteiger partial charge in [-0.3, -0.25) is 0 Å². The second-order valence-corrected chi connectivity index (χ2v) is 4.51. The van der Waals surface area contributed by atoms with E-state index in [0.717, 1.165) is 11.1 Å². The van der Waals surface area contributed by atoms with Crippen molar-refractivity contribution in [1.82, 2.24) is 0 Å². The fraction of sp³-hybridized carbons (Fsp3) is 0.188. The number of esters is 1. The highest BCUT2D eigenvalue weighted by Crippen LogP contribution is 2.22. The van der Waals surface area contributed by atoms with Crippen molar-refractivity contribution in [2.45, 2.75) is 13.3 Å². The van der Waals surface area contributed by atoms with Crippen molar-refractivity contribution in [2.75, 3.05) is 18.1 Å². The number of para-hydroxylation sites is 1. The van der Waals surface area contributed by atoms with Gasteiger partial charge in [-0.1, -0.05) is 24.3 Å². The third-order valence-corrected chi connectivity index (χ3v) is 3.09. The van der Waals surface area contributed by atoms with E-state index in [2.05, 4.69) is 0 Å². The van der Waals surface area contributed by atoms with Gasteiger partial charge < -0.3 is 16.2 Å². The van der Waals surface area contributed by atoms with Crippen LogP contribution in [0, 0.1) is 0 Å². The summed E-state index contributed by atoms with van der Waals surface area (Å²) in [5, 5.41) is 0. The molecule has 4 heteroatoms. The van der Waals surface area contributed by atoms with E-state index < -0.39 is 0 Å². The van der Waals surface area contributed by atoms with Crippen LogP contribution in [0.15, 0.2) is 42.5 Å². The van der Waals surface area contributed by atoms with Gasteiger partial charge in [-0.15, -0.1) is 0 Å². The standard InChI is InChI=1S/C16H18N2O2/c1-2-20-16(19)12-8-6-11(7-9-12)10-13-4-3-5-14(17)15(13)18/h3-9H,2,10,17-18H2,1H3. The number of rotatable bonds is 4. The molecule has 0 saturated heterocycles. The Morgan fingerprint density at radius 2 is 1.80 bits per heavy atom. The first-order valence-corrected chi connectivity index (χ1v) is 6.50. The summed E-state index contributed by atoms with van der Waals surface area (Å²) in [5.41, 5.74) is 15.5. The normalized spacial score (nSPS) is 10.2. The van der Waals surface area contributed by atoms with Gasteiger partial charge >= 0.3 is 5.97 Å². The lowest BCUT2D eigenvalue weighted by Crippen LogP contribution is -2.04. The Hall–Kier alpha value is -2.49. The summed E-state index contributed by atoms with van der Waals surface area (Å²) in [6.07, 6.45) is 0.681. The molecule has 0 amide bonds. The quantitative estimate of drug-likeness (QED) is 0.661. The summed E-state index contributed by atoms with van der Waals surface area (Å²) in [7, 11) is 0. The van der Waals surface area contributed by atoms with Crippen LogP contribution in [0.25, 0.3) is 0 Å². The van der Waals surface area contributed by atoms with Crippen LogP contribution in [-0.4, -0.2) is 12.6 Å². The highest BCUT2D eigenvalue weighted by molar-refractivity contribution is 5.89. The second-order valence-electron chi connectivity index (χ2n) is 4.51. The van der Waals surface area contributed by atoms with Gasteiger partial charge in [0, 0.05) is 0 Å². The van der Waals surface area contributed by atoms with Crippen LogP contribution < -0.4 is 11.5 Å². The molecule has 4 N–H and O–H groups in total. The SMILES string of the molecule is CCOC(=O)c1ccc(Cc2cccc(N)c2N)cc1. The molecule has 2 aromatic rings. The van der Waals surface area contributed by atoms with E-state index in [0.29, 0.717) is 30.0 Å². The highest BCUT2D eigenvalue weighted by Gasteiger charge is 2.07. The van der Waals surface area contributed by atoms with Gasteiger partial charge in [0.2, 0.25) is 0 Å². The number of hydrogen-bond donors (Lipinski definition) is 2. The van der Waals surface area contributed by atoms with Gasteiger partial charge in [-0.2, -0.15) is 0 Å². The van der Waals surface area contributed by atoms with E-state index in [1.54, 1.807) is 25.1 Å². The van der Waals surface area contributed by atoms with Crippen LogP contribution in [0.3, 0.4) is 0 Å². The van der Waals surface area contributed by atoms with Gasteiger partial charge in [0.1, 0.15) is 0 Å². The van der Waals surface area contributed by atoms with Crippen molar-refractivity contribution in [1.29, 1.82) is 0 Å². The van der Waals surface area contributed by atoms with Crippen LogP contribution in [0.2, 0.25) is 0 Å². The largest absolute Gasteiger partial charge is 0.462 e. The first-order chi connectivity index (χ1) is 9.61. The van der Waals surface area contributed by atoms with Gasteiger partial charge in [0.25, 0.3) is 0 Å². The molecule has 0 unspecified atom stereocenters. The number of hydrogen-bond acceptors (Lipinski definition) is 4. The van der Waals surface area contributed by atoms with Gasteiger partial charge in [-0.05, 0) is 42.7 Å². The molecule has 0 aliphatic rings. The maximum Gasteiger partial charge on any atom is 0.338 e. The first-order valence-electron chi connectivity index (χ1n) is 6.50. The first kappa shape index (κ1) is 13.9. The summed E-state index contributed by atoms with van der Waals surface area (Å²) in [4.78, 5) is 11.6. The molecule has 2 aromatic carbocycles. The van der Waals surface area contributed by atoms with Crippen LogP contribution in [0.4, 0.5) is 11.4 Å². The molecule has 0 heterocycles. The van der Waals surface area contributed by atoms with Crippen LogP contribution in [-0.2, 0) is 11.2 Å². The lowest BCUT2D eigenvalue weighted by atomic mass is 10.0. The molecule has 104 valence electrons. The molecule has 0 spiro atoms. The van der Waals surface area contributed by atoms with Gasteiger partial charge in [0.05, 0.1) is 23.5 Å². The molecule has 0 bridgehead atoms. The Morgan fingerprint density at radius 3 is 2.45 bits per heavy atom. The van der Waals surface area contributed by atoms with E-state index >= 15 is 0 Å². The number of benzene rings is 2. The van der Waals surface area contributed by atoms with Gasteiger partial charge in [-0.25, -0.2) is 4.79 Å². The Bertz CT molecular complexity index is 606. The maximum atomic E-state index is 11.6. The number of nitrogen functional groups attached to an aromatic ring is 2. The lowest BCUT2D eigenvalue weighted by molar-refractivity contribution is 0.0526. The van der Waals surface area contributed by atoms with Crippen molar-refractivity contribution in [3.05, 3.63) is 59.2 Å². The second kappa shape index (κ2) is 6.10. The molecular formula is C16H18N2O2. The molecule has 0 aliphatic carbocycles. The Balaban J connectivity index is 2.15. The highest BCUT2D eigenvalue weighted by atomic mass is 16.5. The number of carbonyl (C=O) groups is 1. The van der Waals surface area contributed by atoms with E-state index in [9.17, 15) is 4.79 Å². The average Bonchev–Trinajstić information content (AvgIpc) is 2.45. The van der Waals surface area contributed by atoms with Crippen molar-refractivity contribution >= 4 is 17.3 Å². The molecule has 0 aromatic heterocycles. The maximum absolute atomic E-state index is 11.6. The third-order valence-electron chi connectivity index (χ3n) is 3.09. The average molecular weight is 270 g/mol. The molecule has 2 rings (SSSR count). The minimum absolute atomic E-state index is 0.303. The zero-order valence-electron chi connectivity index (χ0n) is 11.4. The Kier molecular flexibility index (Phi) is 4.25. The van der Waals surface area contributed by atoms with E-state index in [4.69, 9.17) is 16.2 Å². The van der Waals surface area contributed by atoms with Crippen LogP contribution in [0.1, 0.15) is 28.4 Å². The Morgan fingerprint density at radius 1 is 1.10 bits per heavy atom. The molecule has 20 heavy (non-hydrogen) atoms. The topological polar surface area (TPSA) is 78.3 Å². The van der Waals surface area contributed by atoms with Crippen LogP contribution >= 0.6 is 0 Å². The molecule has 0 radical (unpaired) electrons. The minimum Gasteiger partial charge on any atom is -0.462 e. The van der Waals surface area contributed by atoms with Crippen molar-refractivity contribution in [3.63, 3.8) is 0 Å². The monoisotopic (exact) mass is 270 g/mol. The summed E-state index contributed by atoms with van der Waals surface area (Å²) in [6, 6.07) is 12.9. The summed E-state index contributed by atoms with van der Waals surface area (Å²) in [6.45, 7) is 2.16. The zero-order valence-corrected chi connectivity index (χ0v) is 11.4. The summed E-state index contributed by atoms with van der Waals surface area (Å²) >= 11 is 0. The summed E-state index contributed by atoms with van der Waals surface area (Å²) < 4.78 is 4.95. The summed E-state index contributed by atoms with van der Waals surface area (Å²) in [5.74, 6) is -0.303. The molecule has 0 saturated carbocycles. The number of carbonyl (C=O) groups excluding carboxylic acids is 1. The number of ether oxygens (including phenoxy) is 1. The zero-order chi connectivity index (χ0) is 14.5. The predicted octanol–water partition coefficient (Wildman–Crippen LogP) is 2.62. The number of nitrogens with two attached hydrogens (primary N) is 2. The third kappa shape index (κ3) is 3.09. The molecule has 0 aliphatic heterocycles. The number of anilines is 2. The van der Waals surface area contributed by atoms with Gasteiger partial charge in [0.15, 0.2) is 0 Å². The fourth-order valence-corrected chi connectivity index (χ4v) is 1.98. The lowest BCUT2D eigenvalue weighted by Gasteiger charge is -2.08. The molecule has 4 nitrogen and oxygen atoms in total. The smallest absolute Gasteiger partial charge is 0.338 e. The van der Waals surface area contributed by atoms with E-state index in [1.807, 2.05) is 24.3 Å². The van der Waals surface area contributed by atoms with E-state index in [-0.39, 0.29) is 5.97 Å². The molecular weight excluding hydrogens is 252 g/mol. The van der Waals surface area contributed by atoms with Crippen molar-refractivity contribution < 1.29 is 9.53 Å². The van der Waals surface area contributed by atoms with Crippen molar-refractivity contribution in [2.24, 2.45) is 0 Å². The molecule has 0 atom stereocenters. The van der Waals surface area contributed by atoms with Crippen LogP contribution in [0.5, 0.6) is 0 Å². The fourth-order valence-electron chi connectivity index (χ4n) is 1.98. The molecule has 0 fully saturated rings. The van der Waals surface area contributed by atoms with Crippen molar-refractivity contribution in [3.8, 4) is 0 Å². The Labute approximate surface area is 118 Å². The predicted molar refractivity (Wildman–Crippen MR) is 80.5 cm³/mol.